The van der Waals surface area contributed by atoms with Crippen molar-refractivity contribution in [3.05, 3.63) is 46.4 Å². The third-order valence-electron chi connectivity index (χ3n) is 3.00. The van der Waals surface area contributed by atoms with Crippen LogP contribution in [-0.2, 0) is 7.05 Å². The Morgan fingerprint density at radius 2 is 2.17 bits per heavy atom. The van der Waals surface area contributed by atoms with Gasteiger partial charge in [-0.3, -0.25) is 9.48 Å². The van der Waals surface area contributed by atoms with E-state index >= 15 is 0 Å². The molecule has 0 N–H and O–H groups in total. The lowest BCUT2D eigenvalue weighted by molar-refractivity contribution is 0.334. The zero-order chi connectivity index (χ0) is 13.1. The first-order chi connectivity index (χ1) is 8.66. The van der Waals surface area contributed by atoms with Gasteiger partial charge in [0.25, 0.3) is 0 Å². The van der Waals surface area contributed by atoms with Crippen molar-refractivity contribution in [2.45, 2.75) is 20.3 Å². The molecule has 0 amide bonds. The molecule has 0 saturated carbocycles. The number of allylic oxidation sites excluding steroid dienone is 6. The number of rotatable bonds is 3. The molecular weight excluding hydrogens is 228 g/mol. The average molecular weight is 246 g/mol. The molecule has 0 aromatic carbocycles. The minimum atomic E-state index is -0.108. The zero-order valence-electron chi connectivity index (χ0n) is 11.0. The minimum absolute atomic E-state index is 0.108. The van der Waals surface area contributed by atoms with Crippen LogP contribution < -0.4 is 10.3 Å². The fourth-order valence-corrected chi connectivity index (χ4v) is 1.99. The molecular formula is C14H18N2O2. The van der Waals surface area contributed by atoms with E-state index in [2.05, 4.69) is 0 Å². The Balaban J connectivity index is 2.58. The summed E-state index contributed by atoms with van der Waals surface area (Å²) in [5.41, 5.74) is 1.58. The summed E-state index contributed by atoms with van der Waals surface area (Å²) in [6.07, 6.45) is 10.8. The van der Waals surface area contributed by atoms with Crippen molar-refractivity contribution in [3.8, 4) is 5.75 Å². The summed E-state index contributed by atoms with van der Waals surface area (Å²) in [6, 6.07) is 0. The summed E-state index contributed by atoms with van der Waals surface area (Å²) in [7, 11) is 1.86. The highest BCUT2D eigenvalue weighted by Crippen LogP contribution is 2.17. The second-order valence-corrected chi connectivity index (χ2v) is 4.15. The predicted molar refractivity (Wildman–Crippen MR) is 72.7 cm³/mol. The van der Waals surface area contributed by atoms with E-state index in [0.29, 0.717) is 12.4 Å². The molecule has 0 radical (unpaired) electrons. The number of aromatic nitrogens is 2. The van der Waals surface area contributed by atoms with Crippen LogP contribution in [0.25, 0.3) is 5.70 Å². The lowest BCUT2D eigenvalue weighted by Crippen LogP contribution is -2.20. The van der Waals surface area contributed by atoms with Gasteiger partial charge in [0.1, 0.15) is 0 Å². The summed E-state index contributed by atoms with van der Waals surface area (Å²) < 4.78 is 8.88. The molecule has 4 heteroatoms. The van der Waals surface area contributed by atoms with Crippen LogP contribution in [0.3, 0.4) is 0 Å². The van der Waals surface area contributed by atoms with Gasteiger partial charge in [-0.1, -0.05) is 18.2 Å². The van der Waals surface area contributed by atoms with Gasteiger partial charge in [-0.25, -0.2) is 4.68 Å². The second-order valence-electron chi connectivity index (χ2n) is 4.15. The Labute approximate surface area is 106 Å². The molecule has 0 saturated heterocycles. The Morgan fingerprint density at radius 1 is 1.39 bits per heavy atom. The van der Waals surface area contributed by atoms with Crippen LogP contribution in [0.15, 0.2) is 35.2 Å². The van der Waals surface area contributed by atoms with E-state index in [1.807, 2.05) is 56.0 Å². The molecule has 0 aliphatic heterocycles. The van der Waals surface area contributed by atoms with Crippen LogP contribution in [0.4, 0.5) is 0 Å². The Morgan fingerprint density at radius 3 is 2.89 bits per heavy atom. The van der Waals surface area contributed by atoms with Crippen LogP contribution in [0.2, 0.25) is 0 Å². The summed E-state index contributed by atoms with van der Waals surface area (Å²) in [6.45, 7) is 4.26. The molecule has 0 spiro atoms. The molecule has 1 aromatic heterocycles. The fraction of sp³-hybridized carbons (Fsp3) is 0.357. The molecule has 96 valence electrons. The Hall–Kier alpha value is -1.97. The molecule has 0 atom stereocenters. The largest absolute Gasteiger partial charge is 0.487 e. The molecule has 1 aromatic rings. The molecule has 0 unspecified atom stereocenters. The van der Waals surface area contributed by atoms with Gasteiger partial charge in [-0.15, -0.1) is 0 Å². The van der Waals surface area contributed by atoms with Crippen molar-refractivity contribution < 1.29 is 4.74 Å². The maximum atomic E-state index is 12.3. The lowest BCUT2D eigenvalue weighted by atomic mass is 10.3. The third-order valence-corrected chi connectivity index (χ3v) is 3.00. The SMILES string of the molecule is CCOc1c(C)n(C)n(C2=CC=CCC=C2)c1=O. The van der Waals surface area contributed by atoms with Crippen LogP contribution in [-0.4, -0.2) is 16.0 Å². The number of hydrogen-bond donors (Lipinski definition) is 0. The average Bonchev–Trinajstić information content (AvgIpc) is 2.59. The maximum Gasteiger partial charge on any atom is 0.314 e. The first kappa shape index (κ1) is 12.5. The van der Waals surface area contributed by atoms with Crippen molar-refractivity contribution >= 4 is 5.70 Å². The maximum absolute atomic E-state index is 12.3. The van der Waals surface area contributed by atoms with E-state index in [4.69, 9.17) is 4.74 Å². The Kier molecular flexibility index (Phi) is 3.55. The fourth-order valence-electron chi connectivity index (χ4n) is 1.99. The smallest absolute Gasteiger partial charge is 0.314 e. The van der Waals surface area contributed by atoms with Gasteiger partial charge >= 0.3 is 5.56 Å². The first-order valence-electron chi connectivity index (χ1n) is 6.12. The van der Waals surface area contributed by atoms with E-state index in [-0.39, 0.29) is 5.56 Å². The standard InChI is InChI=1S/C14H18N2O2/c1-4-18-13-11(2)15(3)16(14(13)17)12-9-7-5-6-8-10-12/h5,7-10H,4,6H2,1-3H3. The van der Waals surface area contributed by atoms with Crippen LogP contribution in [0, 0.1) is 6.92 Å². The van der Waals surface area contributed by atoms with Gasteiger partial charge in [-0.05, 0) is 32.4 Å². The van der Waals surface area contributed by atoms with Gasteiger partial charge < -0.3 is 4.74 Å². The second kappa shape index (κ2) is 5.12. The van der Waals surface area contributed by atoms with Gasteiger partial charge in [0.2, 0.25) is 5.75 Å². The monoisotopic (exact) mass is 246 g/mol. The van der Waals surface area contributed by atoms with E-state index < -0.39 is 0 Å². The van der Waals surface area contributed by atoms with Crippen molar-refractivity contribution in [2.24, 2.45) is 7.05 Å². The highest BCUT2D eigenvalue weighted by Gasteiger charge is 2.17. The normalized spacial score (nSPS) is 14.5. The molecule has 4 nitrogen and oxygen atoms in total. The van der Waals surface area contributed by atoms with Crippen LogP contribution >= 0.6 is 0 Å². The summed E-state index contributed by atoms with van der Waals surface area (Å²) in [5, 5.41) is 0. The topological polar surface area (TPSA) is 36.2 Å². The lowest BCUT2D eigenvalue weighted by Gasteiger charge is -2.07. The number of nitrogens with zero attached hydrogens (tertiary/aromatic N) is 2. The van der Waals surface area contributed by atoms with Crippen molar-refractivity contribution in [2.75, 3.05) is 6.61 Å². The van der Waals surface area contributed by atoms with Gasteiger partial charge in [0.15, 0.2) is 0 Å². The highest BCUT2D eigenvalue weighted by atomic mass is 16.5. The summed E-state index contributed by atoms with van der Waals surface area (Å²) >= 11 is 0. The van der Waals surface area contributed by atoms with Crippen LogP contribution in [0.5, 0.6) is 5.75 Å². The van der Waals surface area contributed by atoms with Crippen molar-refractivity contribution in [1.29, 1.82) is 0 Å². The van der Waals surface area contributed by atoms with Crippen LogP contribution in [0.1, 0.15) is 19.0 Å². The summed E-state index contributed by atoms with van der Waals surface area (Å²) in [5.74, 6) is 0.433. The summed E-state index contributed by atoms with van der Waals surface area (Å²) in [4.78, 5) is 12.3. The first-order valence-corrected chi connectivity index (χ1v) is 6.12. The predicted octanol–water partition coefficient (Wildman–Crippen LogP) is 2.25. The molecule has 0 bridgehead atoms. The van der Waals surface area contributed by atoms with Gasteiger partial charge in [0, 0.05) is 7.05 Å². The van der Waals surface area contributed by atoms with E-state index in [1.165, 1.54) is 0 Å². The molecule has 0 fully saturated rings. The quantitative estimate of drug-likeness (QED) is 0.820. The van der Waals surface area contributed by atoms with E-state index in [0.717, 1.165) is 17.8 Å². The third kappa shape index (κ3) is 2.06. The van der Waals surface area contributed by atoms with Gasteiger partial charge in [0.05, 0.1) is 18.0 Å². The number of ether oxygens (including phenoxy) is 1. The molecule has 18 heavy (non-hydrogen) atoms. The molecule has 1 aliphatic carbocycles. The van der Waals surface area contributed by atoms with Gasteiger partial charge in [-0.2, -0.15) is 0 Å². The number of hydrogen-bond acceptors (Lipinski definition) is 2. The molecule has 1 heterocycles. The van der Waals surface area contributed by atoms with Crippen molar-refractivity contribution in [1.82, 2.24) is 9.36 Å². The Bertz CT molecular complexity index is 586. The molecule has 1 aliphatic rings. The van der Waals surface area contributed by atoms with Crippen molar-refractivity contribution in [3.63, 3.8) is 0 Å². The minimum Gasteiger partial charge on any atom is -0.487 e. The van der Waals surface area contributed by atoms with E-state index in [1.54, 1.807) is 4.68 Å². The highest BCUT2D eigenvalue weighted by molar-refractivity contribution is 5.60. The zero-order valence-corrected chi connectivity index (χ0v) is 11.0. The molecule has 2 rings (SSSR count). The van der Waals surface area contributed by atoms with E-state index in [9.17, 15) is 4.79 Å².